The van der Waals surface area contributed by atoms with Crippen LogP contribution in [-0.4, -0.2) is 31.8 Å². The normalized spacial score (nSPS) is 10.0. The molecule has 5 nitrogen and oxygen atoms in total. The monoisotopic (exact) mass is 231 g/mol. The fraction of sp³-hybridized carbons (Fsp3) is 0.818. The van der Waals surface area contributed by atoms with Crippen LogP contribution in [0.5, 0.6) is 0 Å². The molecule has 0 aliphatic heterocycles. The molecule has 5 heteroatoms. The first-order chi connectivity index (χ1) is 7.52. The molecule has 0 saturated heterocycles. The zero-order chi connectivity index (χ0) is 12.4. The van der Waals surface area contributed by atoms with Crippen molar-refractivity contribution in [1.82, 2.24) is 5.32 Å². The molecule has 0 rings (SSSR count). The Labute approximate surface area is 96.5 Å². The number of hydrogen-bond donors (Lipinski definition) is 1. The molecule has 1 N–H and O–H groups in total. The predicted octanol–water partition coefficient (Wildman–Crippen LogP) is 1.71. The summed E-state index contributed by atoms with van der Waals surface area (Å²) in [6.45, 7) is 6.40. The Balaban J connectivity index is 3.28. The fourth-order valence-electron chi connectivity index (χ4n) is 1.07. The molecule has 1 amide bonds. The van der Waals surface area contributed by atoms with Gasteiger partial charge in [0, 0.05) is 13.5 Å². The quantitative estimate of drug-likeness (QED) is 0.535. The Morgan fingerprint density at radius 1 is 1.19 bits per heavy atom. The van der Waals surface area contributed by atoms with E-state index < -0.39 is 6.09 Å². The molecule has 0 aromatic heterocycles. The van der Waals surface area contributed by atoms with E-state index in [0.29, 0.717) is 12.5 Å². The highest BCUT2D eigenvalue weighted by Crippen LogP contribution is 2.01. The Bertz CT molecular complexity index is 216. The van der Waals surface area contributed by atoms with E-state index in [4.69, 9.17) is 4.74 Å². The van der Waals surface area contributed by atoms with Gasteiger partial charge in [0.1, 0.15) is 13.2 Å². The van der Waals surface area contributed by atoms with Gasteiger partial charge < -0.3 is 14.8 Å². The van der Waals surface area contributed by atoms with Crippen molar-refractivity contribution >= 4 is 12.1 Å². The smallest absolute Gasteiger partial charge is 0.407 e. The largest absolute Gasteiger partial charge is 0.462 e. The van der Waals surface area contributed by atoms with E-state index in [2.05, 4.69) is 23.9 Å². The molecule has 0 saturated carbocycles. The van der Waals surface area contributed by atoms with Gasteiger partial charge in [-0.1, -0.05) is 13.8 Å². The van der Waals surface area contributed by atoms with E-state index in [1.165, 1.54) is 6.92 Å². The topological polar surface area (TPSA) is 64.6 Å². The number of ether oxygens (including phenoxy) is 2. The van der Waals surface area contributed by atoms with Crippen molar-refractivity contribution < 1.29 is 19.1 Å². The number of rotatable bonds is 7. The van der Waals surface area contributed by atoms with E-state index in [1.807, 2.05) is 0 Å². The Hall–Kier alpha value is -1.26. The van der Waals surface area contributed by atoms with Gasteiger partial charge in [0.15, 0.2) is 0 Å². The van der Waals surface area contributed by atoms with Gasteiger partial charge >= 0.3 is 12.1 Å². The van der Waals surface area contributed by atoms with Crippen molar-refractivity contribution in [3.8, 4) is 0 Å². The molecule has 0 unspecified atom stereocenters. The Morgan fingerprint density at radius 3 is 2.38 bits per heavy atom. The maximum absolute atomic E-state index is 11.1. The van der Waals surface area contributed by atoms with Gasteiger partial charge in [-0.15, -0.1) is 0 Å². The number of esters is 1. The second kappa shape index (κ2) is 9.00. The summed E-state index contributed by atoms with van der Waals surface area (Å²) in [4.78, 5) is 21.4. The molecule has 94 valence electrons. The van der Waals surface area contributed by atoms with Crippen LogP contribution in [0.4, 0.5) is 4.79 Å². The molecule has 0 radical (unpaired) electrons. The third-order valence-corrected chi connectivity index (χ3v) is 1.85. The van der Waals surface area contributed by atoms with Crippen LogP contribution in [-0.2, 0) is 14.3 Å². The highest BCUT2D eigenvalue weighted by Gasteiger charge is 2.01. The Kier molecular flexibility index (Phi) is 8.29. The molecular weight excluding hydrogens is 210 g/mol. The summed E-state index contributed by atoms with van der Waals surface area (Å²) in [6, 6.07) is 0. The van der Waals surface area contributed by atoms with E-state index in [-0.39, 0.29) is 19.2 Å². The van der Waals surface area contributed by atoms with Crippen LogP contribution in [0.25, 0.3) is 0 Å². The summed E-state index contributed by atoms with van der Waals surface area (Å²) < 4.78 is 9.38. The minimum atomic E-state index is -0.462. The summed E-state index contributed by atoms with van der Waals surface area (Å²) in [6.07, 6.45) is 1.56. The lowest BCUT2D eigenvalue weighted by Gasteiger charge is -2.07. The maximum atomic E-state index is 11.1. The molecule has 16 heavy (non-hydrogen) atoms. The van der Waals surface area contributed by atoms with Crippen LogP contribution in [0, 0.1) is 5.92 Å². The van der Waals surface area contributed by atoms with Crippen molar-refractivity contribution in [2.45, 2.75) is 33.6 Å². The van der Waals surface area contributed by atoms with E-state index >= 15 is 0 Å². The van der Waals surface area contributed by atoms with Crippen molar-refractivity contribution in [3.63, 3.8) is 0 Å². The number of nitrogens with one attached hydrogen (secondary N) is 1. The molecule has 0 aliphatic rings. The molecular formula is C11H21NO4. The van der Waals surface area contributed by atoms with Crippen LogP contribution in [0.15, 0.2) is 0 Å². The zero-order valence-electron chi connectivity index (χ0n) is 10.2. The summed E-state index contributed by atoms with van der Waals surface area (Å²) in [5.74, 6) is 0.266. The molecule has 0 bridgehead atoms. The van der Waals surface area contributed by atoms with Crippen LogP contribution >= 0.6 is 0 Å². The maximum Gasteiger partial charge on any atom is 0.407 e. The van der Waals surface area contributed by atoms with Crippen molar-refractivity contribution in [1.29, 1.82) is 0 Å². The summed E-state index contributed by atoms with van der Waals surface area (Å²) >= 11 is 0. The average Bonchev–Trinajstić information content (AvgIpc) is 2.19. The Morgan fingerprint density at radius 2 is 1.81 bits per heavy atom. The SMILES string of the molecule is CC(=O)OCCOC(=O)NCCCC(C)C. The van der Waals surface area contributed by atoms with Gasteiger partial charge in [-0.05, 0) is 18.8 Å². The van der Waals surface area contributed by atoms with Crippen molar-refractivity contribution in [3.05, 3.63) is 0 Å². The van der Waals surface area contributed by atoms with Crippen molar-refractivity contribution in [2.75, 3.05) is 19.8 Å². The molecule has 0 aliphatic carbocycles. The third kappa shape index (κ3) is 10.8. The lowest BCUT2D eigenvalue weighted by atomic mass is 10.1. The minimum absolute atomic E-state index is 0.0929. The highest BCUT2D eigenvalue weighted by atomic mass is 16.6. The lowest BCUT2D eigenvalue weighted by molar-refractivity contribution is -0.141. The van der Waals surface area contributed by atoms with Crippen LogP contribution in [0.1, 0.15) is 33.6 Å². The molecule has 0 heterocycles. The molecule has 0 aromatic rings. The predicted molar refractivity (Wildman–Crippen MR) is 60.1 cm³/mol. The fourth-order valence-corrected chi connectivity index (χ4v) is 1.07. The summed E-state index contributed by atoms with van der Waals surface area (Å²) in [5.41, 5.74) is 0. The van der Waals surface area contributed by atoms with Crippen molar-refractivity contribution in [2.24, 2.45) is 5.92 Å². The van der Waals surface area contributed by atoms with Crippen LogP contribution in [0.3, 0.4) is 0 Å². The number of hydrogen-bond acceptors (Lipinski definition) is 4. The van der Waals surface area contributed by atoms with Crippen LogP contribution < -0.4 is 5.32 Å². The highest BCUT2D eigenvalue weighted by molar-refractivity contribution is 5.67. The number of carbonyl (C=O) groups excluding carboxylic acids is 2. The van der Waals surface area contributed by atoms with Gasteiger partial charge in [0.25, 0.3) is 0 Å². The molecule has 0 spiro atoms. The van der Waals surface area contributed by atoms with Crippen LogP contribution in [0.2, 0.25) is 0 Å². The van der Waals surface area contributed by atoms with Gasteiger partial charge in [-0.2, -0.15) is 0 Å². The minimum Gasteiger partial charge on any atom is -0.462 e. The van der Waals surface area contributed by atoms with E-state index in [1.54, 1.807) is 0 Å². The standard InChI is InChI=1S/C11H21NO4/c1-9(2)5-4-6-12-11(14)16-8-7-15-10(3)13/h9H,4-8H2,1-3H3,(H,12,14). The summed E-state index contributed by atoms with van der Waals surface area (Å²) in [7, 11) is 0. The zero-order valence-corrected chi connectivity index (χ0v) is 10.2. The number of alkyl carbamates (subject to hydrolysis) is 1. The first-order valence-corrected chi connectivity index (χ1v) is 5.56. The van der Waals surface area contributed by atoms with Gasteiger partial charge in [-0.25, -0.2) is 4.79 Å². The van der Waals surface area contributed by atoms with E-state index in [0.717, 1.165) is 12.8 Å². The summed E-state index contributed by atoms with van der Waals surface area (Å²) in [5, 5.41) is 2.62. The molecule has 0 aromatic carbocycles. The molecule has 0 atom stereocenters. The number of amides is 1. The van der Waals surface area contributed by atoms with E-state index in [9.17, 15) is 9.59 Å². The second-order valence-electron chi connectivity index (χ2n) is 3.94. The average molecular weight is 231 g/mol. The first kappa shape index (κ1) is 14.7. The lowest BCUT2D eigenvalue weighted by Crippen LogP contribution is -2.27. The molecule has 0 fully saturated rings. The first-order valence-electron chi connectivity index (χ1n) is 5.56. The van der Waals surface area contributed by atoms with Gasteiger partial charge in [0.2, 0.25) is 0 Å². The van der Waals surface area contributed by atoms with Gasteiger partial charge in [-0.3, -0.25) is 4.79 Å². The second-order valence-corrected chi connectivity index (χ2v) is 3.94. The third-order valence-electron chi connectivity index (χ3n) is 1.85. The van der Waals surface area contributed by atoms with Gasteiger partial charge in [0.05, 0.1) is 0 Å². The number of carbonyl (C=O) groups is 2.